The number of anilines is 1. The Morgan fingerprint density at radius 1 is 1.33 bits per heavy atom. The number of ether oxygens (including phenoxy) is 1. The molecule has 0 atom stereocenters. The Bertz CT molecular complexity index is 551. The Kier molecular flexibility index (Phi) is 3.99. The molecule has 94 valence electrons. The molecular weight excluding hydrogens is 253 g/mol. The van der Waals surface area contributed by atoms with Gasteiger partial charge in [0.15, 0.2) is 0 Å². The lowest BCUT2D eigenvalue weighted by molar-refractivity contribution is 0.413. The lowest BCUT2D eigenvalue weighted by atomic mass is 10.3. The summed E-state index contributed by atoms with van der Waals surface area (Å²) in [6.07, 6.45) is 3.01. The second-order valence-corrected chi connectivity index (χ2v) is 4.20. The number of thioether (sulfide) groups is 1. The third-order valence-corrected chi connectivity index (χ3v) is 2.99. The predicted octanol–water partition coefficient (Wildman–Crippen LogP) is 3.17. The van der Waals surface area contributed by atoms with Gasteiger partial charge >= 0.3 is 0 Å². The summed E-state index contributed by atoms with van der Waals surface area (Å²) in [6.45, 7) is 0. The van der Waals surface area contributed by atoms with E-state index in [4.69, 9.17) is 4.74 Å². The van der Waals surface area contributed by atoms with E-state index in [1.165, 1.54) is 11.8 Å². The molecule has 0 unspecified atom stereocenters. The molecule has 0 spiro atoms. The fourth-order valence-corrected chi connectivity index (χ4v) is 1.88. The van der Waals surface area contributed by atoms with Gasteiger partial charge in [-0.3, -0.25) is 0 Å². The smallest absolute Gasteiger partial charge is 0.260 e. The number of rotatable bonds is 4. The van der Waals surface area contributed by atoms with Gasteiger partial charge in [-0.1, -0.05) is 12.1 Å². The van der Waals surface area contributed by atoms with Crippen molar-refractivity contribution in [1.29, 1.82) is 0 Å². The van der Waals surface area contributed by atoms with Crippen molar-refractivity contribution in [3.05, 3.63) is 36.3 Å². The third-order valence-electron chi connectivity index (χ3n) is 2.21. The van der Waals surface area contributed by atoms with Gasteiger partial charge in [0.25, 0.3) is 5.88 Å². The molecule has 1 N–H and O–H groups in total. The zero-order valence-corrected chi connectivity index (χ0v) is 10.8. The highest BCUT2D eigenvalue weighted by Gasteiger charge is 2.11. The Balaban J connectivity index is 2.33. The molecule has 1 aromatic carbocycles. The minimum Gasteiger partial charge on any atom is -0.435 e. The molecule has 2 rings (SSSR count). The molecule has 0 aliphatic heterocycles. The molecule has 0 radical (unpaired) electrons. The van der Waals surface area contributed by atoms with Crippen molar-refractivity contribution in [2.75, 3.05) is 18.6 Å². The van der Waals surface area contributed by atoms with E-state index in [-0.39, 0.29) is 5.88 Å². The second-order valence-electron chi connectivity index (χ2n) is 3.35. The maximum absolute atomic E-state index is 13.5. The van der Waals surface area contributed by atoms with Crippen LogP contribution in [0.25, 0.3) is 0 Å². The maximum Gasteiger partial charge on any atom is 0.260 e. The van der Waals surface area contributed by atoms with Crippen LogP contribution in [0.3, 0.4) is 0 Å². The summed E-state index contributed by atoms with van der Waals surface area (Å²) >= 11 is 1.52. The number of benzene rings is 1. The van der Waals surface area contributed by atoms with Crippen LogP contribution in [-0.2, 0) is 0 Å². The van der Waals surface area contributed by atoms with E-state index in [0.29, 0.717) is 11.7 Å². The van der Waals surface area contributed by atoms with E-state index < -0.39 is 5.82 Å². The van der Waals surface area contributed by atoms with Gasteiger partial charge in [0.05, 0.1) is 6.20 Å². The number of para-hydroxylation sites is 1. The lowest BCUT2D eigenvalue weighted by Gasteiger charge is -2.09. The normalized spacial score (nSPS) is 10.2. The van der Waals surface area contributed by atoms with Gasteiger partial charge in [-0.25, -0.2) is 4.98 Å². The maximum atomic E-state index is 13.5. The molecule has 6 heteroatoms. The molecule has 1 heterocycles. The molecule has 0 aliphatic carbocycles. The van der Waals surface area contributed by atoms with Crippen LogP contribution in [0.15, 0.2) is 35.4 Å². The van der Waals surface area contributed by atoms with Crippen LogP contribution in [-0.4, -0.2) is 23.3 Å². The first-order valence-electron chi connectivity index (χ1n) is 5.25. The van der Waals surface area contributed by atoms with Crippen LogP contribution in [0.1, 0.15) is 0 Å². The van der Waals surface area contributed by atoms with Crippen molar-refractivity contribution in [3.8, 4) is 11.6 Å². The Hall–Kier alpha value is -1.82. The first kappa shape index (κ1) is 12.6. The van der Waals surface area contributed by atoms with E-state index in [2.05, 4.69) is 15.3 Å². The van der Waals surface area contributed by atoms with Crippen LogP contribution in [0.4, 0.5) is 10.3 Å². The number of halogens is 1. The summed E-state index contributed by atoms with van der Waals surface area (Å²) in [4.78, 5) is 8.61. The van der Waals surface area contributed by atoms with Crippen molar-refractivity contribution in [2.24, 2.45) is 0 Å². The zero-order valence-electron chi connectivity index (χ0n) is 9.98. The van der Waals surface area contributed by atoms with Crippen LogP contribution < -0.4 is 10.1 Å². The van der Waals surface area contributed by atoms with Gasteiger partial charge in [-0.15, -0.1) is 11.8 Å². The number of hydrogen-bond acceptors (Lipinski definition) is 5. The standard InChI is InChI=1S/C12H12FN3OS/c1-14-12-15-7-8(13)11(16-12)17-9-5-3-4-6-10(9)18-2/h3-7H,1-2H3,(H,14,15,16). The number of aromatic nitrogens is 2. The molecule has 1 aromatic heterocycles. The molecule has 4 nitrogen and oxygen atoms in total. The molecule has 0 bridgehead atoms. The summed E-state index contributed by atoms with van der Waals surface area (Å²) in [5.41, 5.74) is 0. The van der Waals surface area contributed by atoms with Crippen molar-refractivity contribution >= 4 is 17.7 Å². The lowest BCUT2D eigenvalue weighted by Crippen LogP contribution is -2.00. The highest BCUT2D eigenvalue weighted by molar-refractivity contribution is 7.98. The Morgan fingerprint density at radius 3 is 2.83 bits per heavy atom. The van der Waals surface area contributed by atoms with Gasteiger partial charge in [0, 0.05) is 11.9 Å². The molecule has 0 saturated carbocycles. The van der Waals surface area contributed by atoms with Crippen LogP contribution in [0, 0.1) is 5.82 Å². The average Bonchev–Trinajstić information content (AvgIpc) is 2.42. The van der Waals surface area contributed by atoms with E-state index in [9.17, 15) is 4.39 Å². The van der Waals surface area contributed by atoms with Crippen LogP contribution >= 0.6 is 11.8 Å². The molecule has 2 aromatic rings. The largest absolute Gasteiger partial charge is 0.435 e. The fourth-order valence-electron chi connectivity index (χ4n) is 1.35. The van der Waals surface area contributed by atoms with E-state index in [1.54, 1.807) is 13.1 Å². The minimum absolute atomic E-state index is 0.0872. The van der Waals surface area contributed by atoms with Crippen molar-refractivity contribution in [1.82, 2.24) is 9.97 Å². The number of hydrogen-bond donors (Lipinski definition) is 1. The molecule has 0 saturated heterocycles. The number of nitrogens with zero attached hydrogens (tertiary/aromatic N) is 2. The summed E-state index contributed by atoms with van der Waals surface area (Å²) in [6, 6.07) is 7.39. The Labute approximate surface area is 109 Å². The van der Waals surface area contributed by atoms with E-state index in [0.717, 1.165) is 11.1 Å². The summed E-state index contributed by atoms with van der Waals surface area (Å²) in [7, 11) is 1.66. The van der Waals surface area contributed by atoms with Gasteiger partial charge in [-0.2, -0.15) is 9.37 Å². The molecule has 18 heavy (non-hydrogen) atoms. The molecule has 0 aliphatic rings. The highest BCUT2D eigenvalue weighted by atomic mass is 32.2. The first-order valence-corrected chi connectivity index (χ1v) is 6.48. The van der Waals surface area contributed by atoms with Crippen LogP contribution in [0.5, 0.6) is 11.6 Å². The van der Waals surface area contributed by atoms with Gasteiger partial charge in [0.1, 0.15) is 5.75 Å². The predicted molar refractivity (Wildman–Crippen MR) is 69.8 cm³/mol. The molecular formula is C12H12FN3OS. The topological polar surface area (TPSA) is 47.0 Å². The number of nitrogens with one attached hydrogen (secondary N) is 1. The van der Waals surface area contributed by atoms with Crippen LogP contribution in [0.2, 0.25) is 0 Å². The third kappa shape index (κ3) is 2.70. The summed E-state index contributed by atoms with van der Waals surface area (Å²) in [5, 5.41) is 2.73. The van der Waals surface area contributed by atoms with Crippen molar-refractivity contribution < 1.29 is 9.13 Å². The fraction of sp³-hybridized carbons (Fsp3) is 0.167. The van der Waals surface area contributed by atoms with E-state index >= 15 is 0 Å². The van der Waals surface area contributed by atoms with Gasteiger partial charge in [-0.05, 0) is 18.4 Å². The molecule has 0 amide bonds. The van der Waals surface area contributed by atoms with Gasteiger partial charge < -0.3 is 10.1 Å². The zero-order chi connectivity index (χ0) is 13.0. The first-order chi connectivity index (χ1) is 8.74. The summed E-state index contributed by atoms with van der Waals surface area (Å²) < 4.78 is 19.0. The average molecular weight is 265 g/mol. The van der Waals surface area contributed by atoms with Crippen molar-refractivity contribution in [3.63, 3.8) is 0 Å². The quantitative estimate of drug-likeness (QED) is 0.860. The van der Waals surface area contributed by atoms with Crippen molar-refractivity contribution in [2.45, 2.75) is 4.90 Å². The SMILES string of the molecule is CNc1ncc(F)c(Oc2ccccc2SC)n1. The monoisotopic (exact) mass is 265 g/mol. The molecule has 0 fully saturated rings. The highest BCUT2D eigenvalue weighted by Crippen LogP contribution is 2.31. The summed E-state index contributed by atoms with van der Waals surface area (Å²) in [5.74, 6) is 0.207. The van der Waals surface area contributed by atoms with Gasteiger partial charge in [0.2, 0.25) is 11.8 Å². The minimum atomic E-state index is -0.593. The second kappa shape index (κ2) is 5.68. The Morgan fingerprint density at radius 2 is 2.11 bits per heavy atom. The van der Waals surface area contributed by atoms with E-state index in [1.807, 2.05) is 24.5 Å².